The topological polar surface area (TPSA) is 63.0 Å². The Labute approximate surface area is 175 Å². The van der Waals surface area contributed by atoms with E-state index in [0.29, 0.717) is 45.3 Å². The SMILES string of the molecule is COC1CN(C)C(=O)C2(CCN(C(=O)CCc3ccc(-c4cccs4)o3)CC2)C1. The van der Waals surface area contributed by atoms with Crippen LogP contribution >= 0.6 is 11.3 Å². The molecule has 2 aromatic rings. The van der Waals surface area contributed by atoms with Crippen LogP contribution in [0.3, 0.4) is 0 Å². The van der Waals surface area contributed by atoms with Crippen LogP contribution in [0.25, 0.3) is 10.6 Å². The fraction of sp³-hybridized carbons (Fsp3) is 0.545. The maximum atomic E-state index is 12.8. The second-order valence-corrected chi connectivity index (χ2v) is 9.10. The number of methoxy groups -OCH3 is 1. The van der Waals surface area contributed by atoms with Crippen LogP contribution in [0.2, 0.25) is 0 Å². The van der Waals surface area contributed by atoms with E-state index in [2.05, 4.69) is 0 Å². The summed E-state index contributed by atoms with van der Waals surface area (Å²) in [6.07, 6.45) is 3.29. The summed E-state index contributed by atoms with van der Waals surface area (Å²) in [5.41, 5.74) is -0.374. The number of carbonyl (C=O) groups is 2. The van der Waals surface area contributed by atoms with Crippen LogP contribution in [0, 0.1) is 5.41 Å². The van der Waals surface area contributed by atoms with E-state index in [4.69, 9.17) is 9.15 Å². The molecule has 0 aliphatic carbocycles. The minimum Gasteiger partial charge on any atom is -0.460 e. The van der Waals surface area contributed by atoms with Crippen molar-refractivity contribution in [1.82, 2.24) is 9.80 Å². The normalized spacial score (nSPS) is 21.7. The maximum absolute atomic E-state index is 12.8. The van der Waals surface area contributed by atoms with Crippen molar-refractivity contribution in [2.45, 2.75) is 38.2 Å². The average Bonchev–Trinajstić information content (AvgIpc) is 3.42. The first kappa shape index (κ1) is 20.2. The van der Waals surface area contributed by atoms with Gasteiger partial charge in [-0.3, -0.25) is 9.59 Å². The van der Waals surface area contributed by atoms with Gasteiger partial charge in [-0.1, -0.05) is 6.07 Å². The molecule has 2 aromatic heterocycles. The zero-order valence-electron chi connectivity index (χ0n) is 17.1. The monoisotopic (exact) mass is 416 g/mol. The Kier molecular flexibility index (Phi) is 5.79. The smallest absolute Gasteiger partial charge is 0.228 e. The minimum absolute atomic E-state index is 0.0800. The largest absolute Gasteiger partial charge is 0.460 e. The Morgan fingerprint density at radius 2 is 2.10 bits per heavy atom. The Morgan fingerprint density at radius 1 is 1.31 bits per heavy atom. The van der Waals surface area contributed by atoms with Gasteiger partial charge in [-0.25, -0.2) is 0 Å². The molecule has 4 heterocycles. The highest BCUT2D eigenvalue weighted by Gasteiger charge is 2.48. The van der Waals surface area contributed by atoms with Gasteiger partial charge in [0.2, 0.25) is 11.8 Å². The molecule has 1 spiro atoms. The molecule has 0 aromatic carbocycles. The Balaban J connectivity index is 1.31. The van der Waals surface area contributed by atoms with Crippen molar-refractivity contribution >= 4 is 23.2 Å². The predicted molar refractivity (Wildman–Crippen MR) is 112 cm³/mol. The number of aryl methyl sites for hydroxylation is 1. The number of rotatable bonds is 5. The highest BCUT2D eigenvalue weighted by Crippen LogP contribution is 2.41. The lowest BCUT2D eigenvalue weighted by atomic mass is 9.71. The van der Waals surface area contributed by atoms with Crippen molar-refractivity contribution in [2.75, 3.05) is 33.8 Å². The summed E-state index contributed by atoms with van der Waals surface area (Å²) in [6.45, 7) is 1.91. The molecule has 2 amide bonds. The van der Waals surface area contributed by atoms with Gasteiger partial charge >= 0.3 is 0 Å². The second kappa shape index (κ2) is 8.32. The Morgan fingerprint density at radius 3 is 2.79 bits per heavy atom. The first-order valence-corrected chi connectivity index (χ1v) is 11.1. The zero-order chi connectivity index (χ0) is 20.4. The maximum Gasteiger partial charge on any atom is 0.228 e. The van der Waals surface area contributed by atoms with E-state index in [1.54, 1.807) is 23.3 Å². The van der Waals surface area contributed by atoms with Gasteiger partial charge in [0.05, 0.1) is 16.4 Å². The third kappa shape index (κ3) is 4.12. The average molecular weight is 417 g/mol. The van der Waals surface area contributed by atoms with Gasteiger partial charge < -0.3 is 19.0 Å². The number of piperidine rings is 2. The Bertz CT molecular complexity index is 852. The molecule has 1 atom stereocenters. The second-order valence-electron chi connectivity index (χ2n) is 8.15. The van der Waals surface area contributed by atoms with Crippen molar-refractivity contribution in [3.63, 3.8) is 0 Å². The summed E-state index contributed by atoms with van der Waals surface area (Å²) in [5.74, 6) is 2.03. The zero-order valence-corrected chi connectivity index (χ0v) is 17.9. The van der Waals surface area contributed by atoms with Crippen LogP contribution < -0.4 is 0 Å². The number of amides is 2. The number of nitrogens with zero attached hydrogens (tertiary/aromatic N) is 2. The van der Waals surface area contributed by atoms with Gasteiger partial charge in [-0.2, -0.15) is 0 Å². The summed E-state index contributed by atoms with van der Waals surface area (Å²) in [6, 6.07) is 7.95. The van der Waals surface area contributed by atoms with Gasteiger partial charge in [-0.05, 0) is 42.8 Å². The number of thiophene rings is 1. The molecule has 29 heavy (non-hydrogen) atoms. The number of likely N-dealkylation sites (tertiary alicyclic amines) is 2. The fourth-order valence-corrected chi connectivity index (χ4v) is 5.28. The lowest BCUT2D eigenvalue weighted by Gasteiger charge is -2.47. The van der Waals surface area contributed by atoms with Crippen molar-refractivity contribution in [1.29, 1.82) is 0 Å². The number of likely N-dealkylation sites (N-methyl/N-ethyl adjacent to an activating group) is 1. The third-order valence-corrected chi connectivity index (χ3v) is 7.20. The first-order chi connectivity index (χ1) is 14.0. The highest BCUT2D eigenvalue weighted by atomic mass is 32.1. The summed E-state index contributed by atoms with van der Waals surface area (Å²) >= 11 is 1.64. The van der Waals surface area contributed by atoms with Crippen LogP contribution in [0.1, 0.15) is 31.4 Å². The lowest BCUT2D eigenvalue weighted by molar-refractivity contribution is -0.158. The number of ether oxygens (including phenoxy) is 1. The minimum atomic E-state index is -0.374. The molecular formula is C22H28N2O4S. The molecule has 4 rings (SSSR count). The molecule has 2 aliphatic heterocycles. The van der Waals surface area contributed by atoms with E-state index in [1.165, 1.54) is 0 Å². The van der Waals surface area contributed by atoms with Crippen LogP contribution in [0.4, 0.5) is 0 Å². The van der Waals surface area contributed by atoms with E-state index in [9.17, 15) is 9.59 Å². The van der Waals surface area contributed by atoms with E-state index in [0.717, 1.165) is 22.8 Å². The highest BCUT2D eigenvalue weighted by molar-refractivity contribution is 7.13. The van der Waals surface area contributed by atoms with Gasteiger partial charge in [0.25, 0.3) is 0 Å². The van der Waals surface area contributed by atoms with E-state index in [-0.39, 0.29) is 23.3 Å². The standard InChI is InChI=1S/C22H28N2O4S/c1-23-15-17(27-2)14-22(21(23)26)9-11-24(12-10-22)20(25)8-6-16-5-7-18(28-16)19-4-3-13-29-19/h3-5,7,13,17H,6,8-12,14-15H2,1-2H3. The van der Waals surface area contributed by atoms with Crippen LogP contribution in [0.5, 0.6) is 0 Å². The molecule has 2 saturated heterocycles. The van der Waals surface area contributed by atoms with Crippen molar-refractivity contribution in [3.05, 3.63) is 35.4 Å². The first-order valence-electron chi connectivity index (χ1n) is 10.2. The van der Waals surface area contributed by atoms with Crippen LogP contribution in [0.15, 0.2) is 34.1 Å². The van der Waals surface area contributed by atoms with Gasteiger partial charge in [0.15, 0.2) is 0 Å². The number of furan rings is 1. The molecule has 1 unspecified atom stereocenters. The van der Waals surface area contributed by atoms with Crippen LogP contribution in [-0.2, 0) is 20.7 Å². The van der Waals surface area contributed by atoms with Gasteiger partial charge in [0.1, 0.15) is 11.5 Å². The number of carbonyl (C=O) groups excluding carboxylic acids is 2. The predicted octanol–water partition coefficient (Wildman–Crippen LogP) is 3.43. The molecule has 156 valence electrons. The molecular weight excluding hydrogens is 388 g/mol. The fourth-order valence-electron chi connectivity index (χ4n) is 4.59. The molecule has 2 aliphatic rings. The number of hydrogen-bond acceptors (Lipinski definition) is 5. The molecule has 2 fully saturated rings. The van der Waals surface area contributed by atoms with Crippen molar-refractivity contribution in [2.24, 2.45) is 5.41 Å². The molecule has 6 nitrogen and oxygen atoms in total. The molecule has 7 heteroatoms. The molecule has 0 N–H and O–H groups in total. The van der Waals surface area contributed by atoms with Crippen molar-refractivity contribution in [3.8, 4) is 10.6 Å². The molecule has 0 bridgehead atoms. The van der Waals surface area contributed by atoms with Gasteiger partial charge in [-0.15, -0.1) is 11.3 Å². The summed E-state index contributed by atoms with van der Waals surface area (Å²) in [4.78, 5) is 30.3. The summed E-state index contributed by atoms with van der Waals surface area (Å²) in [5, 5.41) is 2.02. The van der Waals surface area contributed by atoms with Crippen LogP contribution in [-0.4, -0.2) is 61.5 Å². The number of hydrogen-bond donors (Lipinski definition) is 0. The molecule has 0 radical (unpaired) electrons. The lowest BCUT2D eigenvalue weighted by Crippen LogP contribution is -2.57. The molecule has 0 saturated carbocycles. The Hall–Kier alpha value is -2.12. The van der Waals surface area contributed by atoms with Gasteiger partial charge in [0, 0.05) is 46.6 Å². The third-order valence-electron chi connectivity index (χ3n) is 6.31. The summed E-state index contributed by atoms with van der Waals surface area (Å²) in [7, 11) is 3.56. The summed E-state index contributed by atoms with van der Waals surface area (Å²) < 4.78 is 11.4. The van der Waals surface area contributed by atoms with E-state index < -0.39 is 0 Å². The van der Waals surface area contributed by atoms with E-state index in [1.807, 2.05) is 41.6 Å². The quantitative estimate of drug-likeness (QED) is 0.749. The van der Waals surface area contributed by atoms with E-state index >= 15 is 0 Å². The van der Waals surface area contributed by atoms with Crippen molar-refractivity contribution < 1.29 is 18.7 Å².